The van der Waals surface area contributed by atoms with E-state index in [4.69, 9.17) is 9.15 Å². The Hall–Kier alpha value is -2.82. The SMILES string of the molecule is O=C(C1COc2ccccc2C1)N1CCCCC1c1nc2ccccc2o1. The van der Waals surface area contributed by atoms with Gasteiger partial charge >= 0.3 is 0 Å². The molecule has 1 aromatic heterocycles. The smallest absolute Gasteiger partial charge is 0.230 e. The molecule has 0 saturated carbocycles. The second-order valence-electron chi connectivity index (χ2n) is 7.38. The molecule has 3 aromatic rings. The van der Waals surface area contributed by atoms with Crippen molar-refractivity contribution in [2.45, 2.75) is 31.7 Å². The van der Waals surface area contributed by atoms with E-state index in [2.05, 4.69) is 4.98 Å². The van der Waals surface area contributed by atoms with Crippen molar-refractivity contribution < 1.29 is 13.9 Å². The zero-order valence-electron chi connectivity index (χ0n) is 15.1. The second-order valence-corrected chi connectivity index (χ2v) is 7.38. The number of hydrogen-bond donors (Lipinski definition) is 0. The van der Waals surface area contributed by atoms with Crippen LogP contribution in [-0.4, -0.2) is 28.9 Å². The lowest BCUT2D eigenvalue weighted by atomic mass is 9.93. The van der Waals surface area contributed by atoms with Crippen LogP contribution in [0.4, 0.5) is 0 Å². The highest BCUT2D eigenvalue weighted by molar-refractivity contribution is 5.80. The van der Waals surface area contributed by atoms with Gasteiger partial charge in [0.1, 0.15) is 23.9 Å². The van der Waals surface area contributed by atoms with Gasteiger partial charge in [-0.3, -0.25) is 4.79 Å². The van der Waals surface area contributed by atoms with Crippen molar-refractivity contribution in [3.05, 3.63) is 60.0 Å². The Morgan fingerprint density at radius 3 is 2.85 bits per heavy atom. The van der Waals surface area contributed by atoms with Gasteiger partial charge in [0.25, 0.3) is 0 Å². The zero-order chi connectivity index (χ0) is 18.2. The molecule has 1 saturated heterocycles. The fourth-order valence-corrected chi connectivity index (χ4v) is 4.21. The molecule has 0 aliphatic carbocycles. The average molecular weight is 362 g/mol. The van der Waals surface area contributed by atoms with Crippen LogP contribution in [0.5, 0.6) is 5.75 Å². The van der Waals surface area contributed by atoms with Crippen LogP contribution in [0.1, 0.15) is 36.8 Å². The molecule has 0 bridgehead atoms. The summed E-state index contributed by atoms with van der Waals surface area (Å²) in [6.07, 6.45) is 3.72. The van der Waals surface area contributed by atoms with Crippen LogP contribution in [0.25, 0.3) is 11.1 Å². The number of fused-ring (bicyclic) bond motifs is 2. The van der Waals surface area contributed by atoms with Crippen molar-refractivity contribution in [3.8, 4) is 5.75 Å². The Labute approximate surface area is 157 Å². The molecule has 138 valence electrons. The first-order chi connectivity index (χ1) is 13.3. The van der Waals surface area contributed by atoms with Gasteiger partial charge in [-0.1, -0.05) is 30.3 Å². The molecule has 27 heavy (non-hydrogen) atoms. The number of hydrogen-bond acceptors (Lipinski definition) is 4. The number of para-hydroxylation sites is 3. The Kier molecular flexibility index (Phi) is 4.07. The first-order valence-corrected chi connectivity index (χ1v) is 9.66. The predicted octanol–water partition coefficient (Wildman–Crippen LogP) is 4.13. The molecule has 2 aliphatic rings. The average Bonchev–Trinajstić information content (AvgIpc) is 3.17. The first-order valence-electron chi connectivity index (χ1n) is 9.66. The van der Waals surface area contributed by atoms with E-state index >= 15 is 0 Å². The quantitative estimate of drug-likeness (QED) is 0.688. The highest BCUT2D eigenvalue weighted by Crippen LogP contribution is 2.35. The van der Waals surface area contributed by atoms with Gasteiger partial charge in [-0.05, 0) is 49.4 Å². The van der Waals surface area contributed by atoms with Crippen molar-refractivity contribution in [3.63, 3.8) is 0 Å². The summed E-state index contributed by atoms with van der Waals surface area (Å²) < 4.78 is 11.8. The molecule has 3 heterocycles. The van der Waals surface area contributed by atoms with Crippen molar-refractivity contribution in [1.29, 1.82) is 0 Å². The van der Waals surface area contributed by atoms with Crippen LogP contribution >= 0.6 is 0 Å². The minimum atomic E-state index is -0.148. The van der Waals surface area contributed by atoms with E-state index in [1.807, 2.05) is 53.4 Å². The van der Waals surface area contributed by atoms with E-state index < -0.39 is 0 Å². The number of benzene rings is 2. The summed E-state index contributed by atoms with van der Waals surface area (Å²) in [5, 5.41) is 0. The molecule has 5 heteroatoms. The molecule has 1 fully saturated rings. The van der Waals surface area contributed by atoms with Crippen LogP contribution in [0.2, 0.25) is 0 Å². The fourth-order valence-electron chi connectivity index (χ4n) is 4.21. The number of carbonyl (C=O) groups is 1. The second kappa shape index (κ2) is 6.72. The lowest BCUT2D eigenvalue weighted by Crippen LogP contribution is -2.45. The highest BCUT2D eigenvalue weighted by atomic mass is 16.5. The molecule has 5 nitrogen and oxygen atoms in total. The normalized spacial score (nSPS) is 22.3. The number of amides is 1. The number of oxazole rings is 1. The summed E-state index contributed by atoms with van der Waals surface area (Å²) in [6.45, 7) is 1.19. The molecular weight excluding hydrogens is 340 g/mol. The van der Waals surface area contributed by atoms with E-state index in [-0.39, 0.29) is 17.9 Å². The number of ether oxygens (including phenoxy) is 1. The lowest BCUT2D eigenvalue weighted by molar-refractivity contribution is -0.141. The van der Waals surface area contributed by atoms with Gasteiger partial charge in [0.05, 0.1) is 5.92 Å². The summed E-state index contributed by atoms with van der Waals surface area (Å²) in [7, 11) is 0. The summed E-state index contributed by atoms with van der Waals surface area (Å²) in [4.78, 5) is 20.0. The van der Waals surface area contributed by atoms with Gasteiger partial charge in [-0.15, -0.1) is 0 Å². The van der Waals surface area contributed by atoms with Crippen LogP contribution in [0.3, 0.4) is 0 Å². The summed E-state index contributed by atoms with van der Waals surface area (Å²) in [6, 6.07) is 15.7. The molecule has 2 atom stereocenters. The maximum Gasteiger partial charge on any atom is 0.230 e. The molecule has 2 aliphatic heterocycles. The number of piperidine rings is 1. The third kappa shape index (κ3) is 2.97. The first kappa shape index (κ1) is 16.4. The fraction of sp³-hybridized carbons (Fsp3) is 0.364. The van der Waals surface area contributed by atoms with E-state index in [0.717, 1.165) is 54.6 Å². The van der Waals surface area contributed by atoms with Crippen LogP contribution in [0, 0.1) is 5.92 Å². The minimum Gasteiger partial charge on any atom is -0.492 e. The molecule has 0 radical (unpaired) electrons. The van der Waals surface area contributed by atoms with E-state index in [0.29, 0.717) is 12.5 Å². The van der Waals surface area contributed by atoms with Crippen LogP contribution < -0.4 is 4.74 Å². The maximum atomic E-state index is 13.3. The van der Waals surface area contributed by atoms with Crippen molar-refractivity contribution in [2.75, 3.05) is 13.2 Å². The molecule has 2 unspecified atom stereocenters. The van der Waals surface area contributed by atoms with E-state index in [1.54, 1.807) is 0 Å². The number of aromatic nitrogens is 1. The van der Waals surface area contributed by atoms with Crippen molar-refractivity contribution in [2.24, 2.45) is 5.92 Å². The molecule has 0 N–H and O–H groups in total. The Morgan fingerprint density at radius 2 is 1.93 bits per heavy atom. The van der Waals surface area contributed by atoms with Gasteiger partial charge in [0.2, 0.25) is 11.8 Å². The number of rotatable bonds is 2. The Balaban J connectivity index is 1.41. The third-order valence-electron chi connectivity index (χ3n) is 5.61. The van der Waals surface area contributed by atoms with E-state index in [1.165, 1.54) is 0 Å². The van der Waals surface area contributed by atoms with Crippen LogP contribution in [-0.2, 0) is 11.2 Å². The van der Waals surface area contributed by atoms with Gasteiger partial charge in [-0.25, -0.2) is 4.98 Å². The summed E-state index contributed by atoms with van der Waals surface area (Å²) >= 11 is 0. The molecule has 5 rings (SSSR count). The number of nitrogens with zero attached hydrogens (tertiary/aromatic N) is 2. The monoisotopic (exact) mass is 362 g/mol. The maximum absolute atomic E-state index is 13.3. The molecule has 2 aromatic carbocycles. The van der Waals surface area contributed by atoms with Crippen molar-refractivity contribution >= 4 is 17.0 Å². The van der Waals surface area contributed by atoms with Crippen molar-refractivity contribution in [1.82, 2.24) is 9.88 Å². The minimum absolute atomic E-state index is 0.0872. The summed E-state index contributed by atoms with van der Waals surface area (Å²) in [5.41, 5.74) is 2.73. The Bertz CT molecular complexity index is 947. The van der Waals surface area contributed by atoms with E-state index in [9.17, 15) is 4.79 Å². The highest BCUT2D eigenvalue weighted by Gasteiger charge is 2.36. The van der Waals surface area contributed by atoms with Gasteiger partial charge in [-0.2, -0.15) is 0 Å². The standard InChI is InChI=1S/C22H22N2O3/c25-22(16-13-15-7-1-3-10-19(15)26-14-16)24-12-6-5-9-18(24)21-23-17-8-2-4-11-20(17)27-21/h1-4,7-8,10-11,16,18H,5-6,9,12-14H2. The Morgan fingerprint density at radius 1 is 1.07 bits per heavy atom. The van der Waals surface area contributed by atoms with Gasteiger partial charge in [0, 0.05) is 6.54 Å². The summed E-state index contributed by atoms with van der Waals surface area (Å²) in [5.74, 6) is 1.55. The molecule has 1 amide bonds. The number of likely N-dealkylation sites (tertiary alicyclic amines) is 1. The molecule has 0 spiro atoms. The molecular formula is C22H22N2O3. The zero-order valence-corrected chi connectivity index (χ0v) is 15.1. The lowest BCUT2D eigenvalue weighted by Gasteiger charge is -2.37. The predicted molar refractivity (Wildman–Crippen MR) is 101 cm³/mol. The largest absolute Gasteiger partial charge is 0.492 e. The topological polar surface area (TPSA) is 55.6 Å². The number of carbonyl (C=O) groups excluding carboxylic acids is 1. The third-order valence-corrected chi connectivity index (χ3v) is 5.61. The van der Waals surface area contributed by atoms with Gasteiger partial charge in [0.15, 0.2) is 5.58 Å². The van der Waals surface area contributed by atoms with Gasteiger partial charge < -0.3 is 14.1 Å². The van der Waals surface area contributed by atoms with Crippen LogP contribution in [0.15, 0.2) is 52.9 Å².